The van der Waals surface area contributed by atoms with Gasteiger partial charge in [-0.2, -0.15) is 5.26 Å². The van der Waals surface area contributed by atoms with E-state index >= 15 is 0 Å². The number of amides is 1. The second-order valence-corrected chi connectivity index (χ2v) is 4.97. The normalized spacial score (nSPS) is 10.6. The zero-order chi connectivity index (χ0) is 17.8. The van der Waals surface area contributed by atoms with Crippen molar-refractivity contribution in [3.05, 3.63) is 36.0 Å². The number of carbonyl (C=O) groups excluding carboxylic acids is 1. The van der Waals surface area contributed by atoms with Crippen LogP contribution in [-0.2, 0) is 9.59 Å². The number of nitrogens with zero attached hydrogens (tertiary/aromatic N) is 1. The van der Waals surface area contributed by atoms with Gasteiger partial charge >= 0.3 is 5.97 Å². The molecule has 1 aromatic rings. The third-order valence-corrected chi connectivity index (χ3v) is 3.20. The van der Waals surface area contributed by atoms with Gasteiger partial charge in [0, 0.05) is 19.2 Å². The second-order valence-electron chi connectivity index (χ2n) is 4.97. The fraction of sp³-hybridized carbons (Fsp3) is 0.353. The molecule has 0 unspecified atom stereocenters. The zero-order valence-electron chi connectivity index (χ0n) is 13.5. The Bertz CT molecular complexity index is 635. The highest BCUT2D eigenvalue weighted by atomic mass is 16.5. The summed E-state index contributed by atoms with van der Waals surface area (Å²) in [7, 11) is 1.53. The predicted octanol–water partition coefficient (Wildman–Crippen LogP) is 2.28. The van der Waals surface area contributed by atoms with Gasteiger partial charge in [0.2, 0.25) is 0 Å². The van der Waals surface area contributed by atoms with Gasteiger partial charge in [0.15, 0.2) is 0 Å². The third-order valence-electron chi connectivity index (χ3n) is 3.20. The van der Waals surface area contributed by atoms with Gasteiger partial charge in [0.25, 0.3) is 5.91 Å². The maximum absolute atomic E-state index is 11.9. The molecule has 24 heavy (non-hydrogen) atoms. The number of para-hydroxylation sites is 2. The number of carboxylic acid groups (broad SMARTS) is 1. The highest BCUT2D eigenvalue weighted by molar-refractivity contribution is 5.97. The lowest BCUT2D eigenvalue weighted by Gasteiger charge is -2.08. The molecule has 0 aliphatic rings. The molecule has 1 aromatic carbocycles. The summed E-state index contributed by atoms with van der Waals surface area (Å²) in [6.45, 7) is 0.395. The monoisotopic (exact) mass is 331 g/mol. The SMILES string of the molecule is COc1ccccc1N/C=C(/C#N)C(=O)NCCCCCC(=O)O. The molecule has 0 spiro atoms. The molecule has 0 heterocycles. The first-order chi connectivity index (χ1) is 11.6. The molecular formula is C17H21N3O4. The number of carboxylic acids is 1. The maximum Gasteiger partial charge on any atom is 0.303 e. The second kappa shape index (κ2) is 10.7. The molecule has 0 atom stereocenters. The Balaban J connectivity index is 2.46. The van der Waals surface area contributed by atoms with E-state index in [1.165, 1.54) is 13.3 Å². The lowest BCUT2D eigenvalue weighted by atomic mass is 10.2. The number of carbonyl (C=O) groups is 2. The van der Waals surface area contributed by atoms with Crippen molar-refractivity contribution in [2.75, 3.05) is 19.0 Å². The van der Waals surface area contributed by atoms with Crippen LogP contribution in [0.4, 0.5) is 5.69 Å². The molecule has 0 saturated carbocycles. The summed E-state index contributed by atoms with van der Waals surface area (Å²) in [5, 5.41) is 23.1. The van der Waals surface area contributed by atoms with Crippen LogP contribution in [0.2, 0.25) is 0 Å². The van der Waals surface area contributed by atoms with Crippen molar-refractivity contribution >= 4 is 17.6 Å². The number of aliphatic carboxylic acids is 1. The minimum atomic E-state index is -0.823. The number of unbranched alkanes of at least 4 members (excludes halogenated alkanes) is 2. The van der Waals surface area contributed by atoms with Gasteiger partial charge in [-0.25, -0.2) is 0 Å². The minimum absolute atomic E-state index is 0.0496. The van der Waals surface area contributed by atoms with Gasteiger partial charge < -0.3 is 20.5 Å². The van der Waals surface area contributed by atoms with Crippen LogP contribution in [0.25, 0.3) is 0 Å². The number of hydrogen-bond acceptors (Lipinski definition) is 5. The Morgan fingerprint density at radius 1 is 1.29 bits per heavy atom. The van der Waals surface area contributed by atoms with E-state index in [1.54, 1.807) is 12.1 Å². The molecule has 0 fully saturated rings. The van der Waals surface area contributed by atoms with Gasteiger partial charge in [-0.3, -0.25) is 9.59 Å². The zero-order valence-corrected chi connectivity index (χ0v) is 13.5. The standard InChI is InChI=1S/C17H21N3O4/c1-24-15-8-5-4-7-14(15)20-12-13(11-18)17(23)19-10-6-2-3-9-16(21)22/h4-5,7-8,12,20H,2-3,6,9-10H2,1H3,(H,19,23)(H,21,22)/b13-12-. The fourth-order valence-corrected chi connectivity index (χ4v) is 1.94. The van der Waals surface area contributed by atoms with E-state index in [9.17, 15) is 9.59 Å². The van der Waals surface area contributed by atoms with Crippen molar-refractivity contribution in [3.63, 3.8) is 0 Å². The first-order valence-corrected chi connectivity index (χ1v) is 7.58. The molecule has 128 valence electrons. The average Bonchev–Trinajstić information content (AvgIpc) is 2.58. The molecule has 0 saturated heterocycles. The molecule has 7 heteroatoms. The maximum atomic E-state index is 11.9. The lowest BCUT2D eigenvalue weighted by Crippen LogP contribution is -2.26. The number of anilines is 1. The summed E-state index contributed by atoms with van der Waals surface area (Å²) < 4.78 is 5.17. The van der Waals surface area contributed by atoms with Crippen LogP contribution in [0.1, 0.15) is 25.7 Å². The van der Waals surface area contributed by atoms with E-state index in [0.717, 1.165) is 0 Å². The first kappa shape index (κ1) is 19.0. The molecule has 0 aliphatic carbocycles. The quantitative estimate of drug-likeness (QED) is 0.344. The summed E-state index contributed by atoms with van der Waals surface area (Å²) in [6, 6.07) is 9.00. The number of benzene rings is 1. The van der Waals surface area contributed by atoms with E-state index < -0.39 is 11.9 Å². The summed E-state index contributed by atoms with van der Waals surface area (Å²) in [5.74, 6) is -0.695. The molecule has 1 rings (SSSR count). The molecule has 0 aromatic heterocycles. The van der Waals surface area contributed by atoms with Crippen LogP contribution < -0.4 is 15.4 Å². The van der Waals surface area contributed by atoms with E-state index in [2.05, 4.69) is 10.6 Å². The largest absolute Gasteiger partial charge is 0.495 e. The number of ether oxygens (including phenoxy) is 1. The number of methoxy groups -OCH3 is 1. The Morgan fingerprint density at radius 3 is 2.71 bits per heavy atom. The van der Waals surface area contributed by atoms with Gasteiger partial charge in [0.1, 0.15) is 17.4 Å². The Labute approximate surface area is 140 Å². The number of nitriles is 1. The molecular weight excluding hydrogens is 310 g/mol. The van der Waals surface area contributed by atoms with Crippen molar-refractivity contribution < 1.29 is 19.4 Å². The summed E-state index contributed by atoms with van der Waals surface area (Å²) >= 11 is 0. The molecule has 1 amide bonds. The van der Waals surface area contributed by atoms with E-state index in [1.807, 2.05) is 18.2 Å². The van der Waals surface area contributed by atoms with Crippen LogP contribution in [0, 0.1) is 11.3 Å². The number of rotatable bonds is 10. The van der Waals surface area contributed by atoms with E-state index in [-0.39, 0.29) is 12.0 Å². The van der Waals surface area contributed by atoms with Gasteiger partial charge in [-0.05, 0) is 25.0 Å². The molecule has 0 radical (unpaired) electrons. The van der Waals surface area contributed by atoms with Crippen molar-refractivity contribution in [3.8, 4) is 11.8 Å². The van der Waals surface area contributed by atoms with Crippen LogP contribution >= 0.6 is 0 Å². The molecule has 0 bridgehead atoms. The Morgan fingerprint density at radius 2 is 2.04 bits per heavy atom. The van der Waals surface area contributed by atoms with Gasteiger partial charge in [0.05, 0.1) is 12.8 Å². The highest BCUT2D eigenvalue weighted by Gasteiger charge is 2.08. The molecule has 0 aliphatic heterocycles. The van der Waals surface area contributed by atoms with E-state index in [4.69, 9.17) is 15.1 Å². The van der Waals surface area contributed by atoms with Gasteiger partial charge in [-0.1, -0.05) is 18.6 Å². The Kier molecular flexibility index (Phi) is 8.47. The minimum Gasteiger partial charge on any atom is -0.495 e. The van der Waals surface area contributed by atoms with Crippen molar-refractivity contribution in [1.82, 2.24) is 5.32 Å². The summed E-state index contributed by atoms with van der Waals surface area (Å²) in [4.78, 5) is 22.3. The van der Waals surface area contributed by atoms with Crippen LogP contribution in [0.3, 0.4) is 0 Å². The number of nitrogens with one attached hydrogen (secondary N) is 2. The summed E-state index contributed by atoms with van der Waals surface area (Å²) in [5.41, 5.74) is 0.598. The topological polar surface area (TPSA) is 111 Å². The van der Waals surface area contributed by atoms with Gasteiger partial charge in [-0.15, -0.1) is 0 Å². The number of hydrogen-bond donors (Lipinski definition) is 3. The molecule has 7 nitrogen and oxygen atoms in total. The smallest absolute Gasteiger partial charge is 0.303 e. The summed E-state index contributed by atoms with van der Waals surface area (Å²) in [6.07, 6.45) is 3.40. The van der Waals surface area contributed by atoms with Crippen LogP contribution in [-0.4, -0.2) is 30.6 Å². The third kappa shape index (κ3) is 6.83. The predicted molar refractivity (Wildman–Crippen MR) is 89.4 cm³/mol. The average molecular weight is 331 g/mol. The lowest BCUT2D eigenvalue weighted by molar-refractivity contribution is -0.137. The van der Waals surface area contributed by atoms with Crippen LogP contribution in [0.5, 0.6) is 5.75 Å². The van der Waals surface area contributed by atoms with Crippen LogP contribution in [0.15, 0.2) is 36.0 Å². The Hall–Kier alpha value is -3.01. The van der Waals surface area contributed by atoms with Crippen molar-refractivity contribution in [2.24, 2.45) is 0 Å². The fourth-order valence-electron chi connectivity index (χ4n) is 1.94. The highest BCUT2D eigenvalue weighted by Crippen LogP contribution is 2.23. The first-order valence-electron chi connectivity index (χ1n) is 7.58. The molecule has 3 N–H and O–H groups in total. The van der Waals surface area contributed by atoms with E-state index in [0.29, 0.717) is 37.2 Å². The van der Waals surface area contributed by atoms with Crippen molar-refractivity contribution in [1.29, 1.82) is 5.26 Å². The van der Waals surface area contributed by atoms with Crippen molar-refractivity contribution in [2.45, 2.75) is 25.7 Å².